The zero-order chi connectivity index (χ0) is 15.9. The molecule has 1 aromatic rings. The topological polar surface area (TPSA) is 41.6 Å². The molecule has 1 aromatic carbocycles. The Morgan fingerprint density at radius 2 is 2.14 bits per heavy atom. The quantitative estimate of drug-likeness (QED) is 0.849. The minimum absolute atomic E-state index is 0.0715. The van der Waals surface area contributed by atoms with Crippen LogP contribution in [-0.2, 0) is 17.8 Å². The maximum Gasteiger partial charge on any atom is 0.410 e. The monoisotopic (exact) mass is 322 g/mol. The molecule has 0 spiro atoms. The smallest absolute Gasteiger partial charge is 0.410 e. The van der Waals surface area contributed by atoms with E-state index in [0.717, 1.165) is 37.5 Å². The van der Waals surface area contributed by atoms with Gasteiger partial charge in [-0.05, 0) is 62.4 Å². The van der Waals surface area contributed by atoms with Crippen molar-refractivity contribution < 1.29 is 9.53 Å². The number of hydrogen-bond donors (Lipinski definition) is 1. The highest BCUT2D eigenvalue weighted by Crippen LogP contribution is 2.38. The van der Waals surface area contributed by atoms with Crippen LogP contribution in [0.2, 0.25) is 5.02 Å². The molecule has 1 amide bonds. The first-order valence-corrected chi connectivity index (χ1v) is 8.24. The molecule has 5 heteroatoms. The largest absolute Gasteiger partial charge is 0.444 e. The first kappa shape index (κ1) is 15.6. The number of hydrogen-bond acceptors (Lipinski definition) is 3. The standard InChI is InChI=1S/C17H23ClN2O2/c1-17(2,3)22-16(21)20-6-4-5-15(20)13-8-12(18)7-11-9-19-10-14(11)13/h7-8,15,19H,4-6,9-10H2,1-3H3/t15-/m0/s1. The molecule has 0 bridgehead atoms. The Balaban J connectivity index is 1.90. The van der Waals surface area contributed by atoms with Gasteiger partial charge >= 0.3 is 6.09 Å². The SMILES string of the molecule is CC(C)(C)OC(=O)N1CCC[C@H]1c1cc(Cl)cc2c1CNC2. The summed E-state index contributed by atoms with van der Waals surface area (Å²) in [7, 11) is 0. The number of carbonyl (C=O) groups excluding carboxylic acids is 1. The molecule has 0 unspecified atom stereocenters. The molecule has 22 heavy (non-hydrogen) atoms. The van der Waals surface area contributed by atoms with Crippen LogP contribution in [0.15, 0.2) is 12.1 Å². The summed E-state index contributed by atoms with van der Waals surface area (Å²) in [4.78, 5) is 14.3. The number of carbonyl (C=O) groups is 1. The van der Waals surface area contributed by atoms with E-state index in [2.05, 4.69) is 5.32 Å². The van der Waals surface area contributed by atoms with Crippen LogP contribution in [0.5, 0.6) is 0 Å². The normalized spacial score (nSPS) is 21.1. The summed E-state index contributed by atoms with van der Waals surface area (Å²) >= 11 is 6.28. The molecule has 0 aromatic heterocycles. The van der Waals surface area contributed by atoms with E-state index in [-0.39, 0.29) is 12.1 Å². The molecule has 1 fully saturated rings. The van der Waals surface area contributed by atoms with Crippen molar-refractivity contribution in [3.63, 3.8) is 0 Å². The van der Waals surface area contributed by atoms with Crippen molar-refractivity contribution >= 4 is 17.7 Å². The second-order valence-corrected chi connectivity index (χ2v) is 7.50. The minimum atomic E-state index is -0.470. The van der Waals surface area contributed by atoms with Gasteiger partial charge in [0.1, 0.15) is 5.60 Å². The lowest BCUT2D eigenvalue weighted by Gasteiger charge is -2.29. The van der Waals surface area contributed by atoms with Gasteiger partial charge in [0.25, 0.3) is 0 Å². The van der Waals surface area contributed by atoms with Crippen LogP contribution in [0, 0.1) is 0 Å². The van der Waals surface area contributed by atoms with E-state index in [1.165, 1.54) is 16.7 Å². The summed E-state index contributed by atoms with van der Waals surface area (Å²) in [5.41, 5.74) is 3.25. The van der Waals surface area contributed by atoms with Crippen LogP contribution in [-0.4, -0.2) is 23.1 Å². The first-order chi connectivity index (χ1) is 10.3. The average molecular weight is 323 g/mol. The fraction of sp³-hybridized carbons (Fsp3) is 0.588. The molecule has 1 N–H and O–H groups in total. The Bertz CT molecular complexity index is 595. The van der Waals surface area contributed by atoms with Crippen molar-refractivity contribution in [1.29, 1.82) is 0 Å². The minimum Gasteiger partial charge on any atom is -0.444 e. The highest BCUT2D eigenvalue weighted by Gasteiger charge is 2.35. The van der Waals surface area contributed by atoms with Crippen LogP contribution in [0.3, 0.4) is 0 Å². The van der Waals surface area contributed by atoms with Gasteiger partial charge in [-0.25, -0.2) is 4.79 Å². The van der Waals surface area contributed by atoms with Crippen molar-refractivity contribution in [1.82, 2.24) is 10.2 Å². The van der Waals surface area contributed by atoms with E-state index in [9.17, 15) is 4.79 Å². The van der Waals surface area contributed by atoms with Crippen LogP contribution in [0.25, 0.3) is 0 Å². The van der Waals surface area contributed by atoms with E-state index in [4.69, 9.17) is 16.3 Å². The van der Waals surface area contributed by atoms with Gasteiger partial charge in [-0.3, -0.25) is 0 Å². The summed E-state index contributed by atoms with van der Waals surface area (Å²) in [5.74, 6) is 0. The maximum atomic E-state index is 12.5. The van der Waals surface area contributed by atoms with Crippen molar-refractivity contribution in [2.45, 2.75) is 58.3 Å². The van der Waals surface area contributed by atoms with E-state index in [1.807, 2.05) is 37.8 Å². The maximum absolute atomic E-state index is 12.5. The lowest BCUT2D eigenvalue weighted by molar-refractivity contribution is 0.0224. The molecule has 2 heterocycles. The van der Waals surface area contributed by atoms with E-state index < -0.39 is 5.60 Å². The summed E-state index contributed by atoms with van der Waals surface area (Å²) < 4.78 is 5.56. The molecule has 3 rings (SSSR count). The fourth-order valence-electron chi connectivity index (χ4n) is 3.34. The van der Waals surface area contributed by atoms with E-state index >= 15 is 0 Å². The van der Waals surface area contributed by atoms with Gasteiger partial charge in [0.2, 0.25) is 0 Å². The molecular weight excluding hydrogens is 300 g/mol. The number of rotatable bonds is 1. The molecule has 1 saturated heterocycles. The van der Waals surface area contributed by atoms with Crippen LogP contribution >= 0.6 is 11.6 Å². The van der Waals surface area contributed by atoms with Crippen molar-refractivity contribution in [3.05, 3.63) is 33.8 Å². The summed E-state index contributed by atoms with van der Waals surface area (Å²) in [6.07, 6.45) is 1.74. The summed E-state index contributed by atoms with van der Waals surface area (Å²) in [6.45, 7) is 8.14. The fourth-order valence-corrected chi connectivity index (χ4v) is 3.59. The Morgan fingerprint density at radius 3 is 2.86 bits per heavy atom. The first-order valence-electron chi connectivity index (χ1n) is 7.87. The predicted molar refractivity (Wildman–Crippen MR) is 86.9 cm³/mol. The predicted octanol–water partition coefficient (Wildman–Crippen LogP) is 4.02. The lowest BCUT2D eigenvalue weighted by Crippen LogP contribution is -2.36. The molecule has 1 atom stereocenters. The third-order valence-corrected chi connectivity index (χ3v) is 4.42. The Labute approximate surface area is 136 Å². The number of nitrogens with zero attached hydrogens (tertiary/aromatic N) is 1. The molecule has 0 saturated carbocycles. The zero-order valence-electron chi connectivity index (χ0n) is 13.4. The second-order valence-electron chi connectivity index (χ2n) is 7.07. The number of ether oxygens (including phenoxy) is 1. The number of likely N-dealkylation sites (tertiary alicyclic amines) is 1. The van der Waals surface area contributed by atoms with Gasteiger partial charge in [-0.2, -0.15) is 0 Å². The van der Waals surface area contributed by atoms with Gasteiger partial charge in [-0.15, -0.1) is 0 Å². The Morgan fingerprint density at radius 1 is 1.36 bits per heavy atom. The van der Waals surface area contributed by atoms with Gasteiger partial charge < -0.3 is 15.0 Å². The number of halogens is 1. The van der Waals surface area contributed by atoms with Crippen LogP contribution in [0.4, 0.5) is 4.79 Å². The molecule has 2 aliphatic rings. The molecule has 4 nitrogen and oxygen atoms in total. The third-order valence-electron chi connectivity index (χ3n) is 4.20. The van der Waals surface area contributed by atoms with Gasteiger partial charge in [0, 0.05) is 24.7 Å². The number of nitrogens with one attached hydrogen (secondary N) is 1. The zero-order valence-corrected chi connectivity index (χ0v) is 14.2. The highest BCUT2D eigenvalue weighted by atomic mass is 35.5. The molecule has 120 valence electrons. The van der Waals surface area contributed by atoms with Crippen molar-refractivity contribution in [3.8, 4) is 0 Å². The number of fused-ring (bicyclic) bond motifs is 1. The van der Waals surface area contributed by atoms with Crippen molar-refractivity contribution in [2.75, 3.05) is 6.54 Å². The second kappa shape index (κ2) is 5.74. The average Bonchev–Trinajstić information content (AvgIpc) is 3.03. The summed E-state index contributed by atoms with van der Waals surface area (Å²) in [6, 6.07) is 4.11. The van der Waals surface area contributed by atoms with Crippen molar-refractivity contribution in [2.24, 2.45) is 0 Å². The van der Waals surface area contributed by atoms with Crippen LogP contribution < -0.4 is 5.32 Å². The summed E-state index contributed by atoms with van der Waals surface area (Å²) in [5, 5.41) is 4.11. The van der Waals surface area contributed by atoms with Gasteiger partial charge in [0.05, 0.1) is 6.04 Å². The molecule has 2 aliphatic heterocycles. The van der Waals surface area contributed by atoms with Crippen LogP contribution in [0.1, 0.15) is 56.3 Å². The number of amides is 1. The Hall–Kier alpha value is -1.26. The van der Waals surface area contributed by atoms with E-state index in [1.54, 1.807) is 0 Å². The van der Waals surface area contributed by atoms with E-state index in [0.29, 0.717) is 0 Å². The van der Waals surface area contributed by atoms with Gasteiger partial charge in [-0.1, -0.05) is 11.6 Å². The molecular formula is C17H23ClN2O2. The van der Waals surface area contributed by atoms with Gasteiger partial charge in [0.15, 0.2) is 0 Å². The molecule has 0 radical (unpaired) electrons. The molecule has 0 aliphatic carbocycles. The Kier molecular flexibility index (Phi) is 4.08. The number of benzene rings is 1. The third kappa shape index (κ3) is 3.08. The lowest BCUT2D eigenvalue weighted by atomic mass is 9.96. The highest BCUT2D eigenvalue weighted by molar-refractivity contribution is 6.30.